The Labute approximate surface area is 148 Å². The lowest BCUT2D eigenvalue weighted by molar-refractivity contribution is -0.149. The van der Waals surface area contributed by atoms with E-state index in [0.717, 1.165) is 11.3 Å². The van der Waals surface area contributed by atoms with Crippen molar-refractivity contribution in [2.45, 2.75) is 45.9 Å². The van der Waals surface area contributed by atoms with Gasteiger partial charge in [0.05, 0.1) is 13.7 Å². The van der Waals surface area contributed by atoms with Gasteiger partial charge in [0.25, 0.3) is 0 Å². The molecule has 1 saturated heterocycles. The lowest BCUT2D eigenvalue weighted by atomic mass is 10.1. The first-order valence-electron chi connectivity index (χ1n) is 8.41. The van der Waals surface area contributed by atoms with Crippen LogP contribution >= 0.6 is 0 Å². The topological polar surface area (TPSA) is 72.0 Å². The maximum atomic E-state index is 12.3. The fourth-order valence-electron chi connectivity index (χ4n) is 2.80. The number of esters is 1. The zero-order valence-electron chi connectivity index (χ0n) is 15.6. The van der Waals surface area contributed by atoms with E-state index in [4.69, 9.17) is 9.47 Å². The van der Waals surface area contributed by atoms with E-state index in [-0.39, 0.29) is 12.5 Å². The first kappa shape index (κ1) is 19.2. The summed E-state index contributed by atoms with van der Waals surface area (Å²) < 4.78 is 10.4. The second-order valence-electron chi connectivity index (χ2n) is 7.24. The minimum atomic E-state index is -0.566. The molecule has 2 heterocycles. The number of hydrogen-bond donors (Lipinski definition) is 0. The Bertz CT molecular complexity index is 627. The smallest absolute Gasteiger partial charge is 0.410 e. The van der Waals surface area contributed by atoms with Crippen LogP contribution in [-0.4, -0.2) is 65.2 Å². The number of hydrogen-bond acceptors (Lipinski definition) is 6. The quantitative estimate of drug-likeness (QED) is 0.777. The number of nitrogens with zero attached hydrogens (tertiary/aromatic N) is 3. The van der Waals surface area contributed by atoms with E-state index in [9.17, 15) is 9.59 Å². The molecule has 0 saturated carbocycles. The van der Waals surface area contributed by atoms with Crippen LogP contribution in [0.25, 0.3) is 0 Å². The van der Waals surface area contributed by atoms with Crippen LogP contribution in [0.4, 0.5) is 4.79 Å². The second-order valence-corrected chi connectivity index (χ2v) is 7.24. The summed E-state index contributed by atoms with van der Waals surface area (Å²) in [7, 11) is 1.36. The zero-order valence-corrected chi connectivity index (χ0v) is 15.6. The SMILES string of the molecule is COC(=O)[C@@H]1CN(C(=O)OC(C)(C)C)CCN1Cc1ccnc(C)c1. The average Bonchev–Trinajstić information content (AvgIpc) is 2.53. The number of aryl methyl sites for hydroxylation is 1. The molecule has 0 radical (unpaired) electrons. The van der Waals surface area contributed by atoms with Gasteiger partial charge in [0.15, 0.2) is 0 Å². The molecule has 0 aliphatic carbocycles. The number of carbonyl (C=O) groups excluding carboxylic acids is 2. The predicted octanol–water partition coefficient (Wildman–Crippen LogP) is 1.98. The van der Waals surface area contributed by atoms with Gasteiger partial charge in [-0.2, -0.15) is 0 Å². The van der Waals surface area contributed by atoms with Crippen molar-refractivity contribution in [3.63, 3.8) is 0 Å². The van der Waals surface area contributed by atoms with E-state index in [2.05, 4.69) is 4.98 Å². The third-order valence-electron chi connectivity index (χ3n) is 3.96. The zero-order chi connectivity index (χ0) is 18.6. The molecule has 7 heteroatoms. The van der Waals surface area contributed by atoms with Crippen LogP contribution in [-0.2, 0) is 20.8 Å². The van der Waals surface area contributed by atoms with Crippen LogP contribution in [0.3, 0.4) is 0 Å². The van der Waals surface area contributed by atoms with Gasteiger partial charge in [-0.1, -0.05) is 0 Å². The summed E-state index contributed by atoms with van der Waals surface area (Å²) in [5.41, 5.74) is 1.44. The van der Waals surface area contributed by atoms with E-state index >= 15 is 0 Å². The maximum Gasteiger partial charge on any atom is 0.410 e. The van der Waals surface area contributed by atoms with E-state index in [0.29, 0.717) is 19.6 Å². The van der Waals surface area contributed by atoms with Crippen LogP contribution in [0.2, 0.25) is 0 Å². The highest BCUT2D eigenvalue weighted by molar-refractivity contribution is 5.77. The molecule has 138 valence electrons. The Kier molecular flexibility index (Phi) is 6.00. The second kappa shape index (κ2) is 7.82. The molecule has 1 aromatic heterocycles. The Hall–Kier alpha value is -2.15. The number of pyridine rings is 1. The molecular weight excluding hydrogens is 322 g/mol. The Morgan fingerprint density at radius 1 is 1.32 bits per heavy atom. The molecule has 0 unspecified atom stereocenters. The summed E-state index contributed by atoms with van der Waals surface area (Å²) in [6, 6.07) is 3.41. The fourth-order valence-corrected chi connectivity index (χ4v) is 2.80. The van der Waals surface area contributed by atoms with E-state index in [1.807, 2.05) is 44.7 Å². The minimum Gasteiger partial charge on any atom is -0.468 e. The fraction of sp³-hybridized carbons (Fsp3) is 0.611. The Balaban J connectivity index is 2.09. The molecule has 0 spiro atoms. The Morgan fingerprint density at radius 2 is 2.04 bits per heavy atom. The molecular formula is C18H27N3O4. The number of amides is 1. The molecule has 7 nitrogen and oxygen atoms in total. The highest BCUT2D eigenvalue weighted by atomic mass is 16.6. The number of methoxy groups -OCH3 is 1. The molecule has 1 aliphatic rings. The van der Waals surface area contributed by atoms with Crippen LogP contribution in [0, 0.1) is 6.92 Å². The van der Waals surface area contributed by atoms with Gasteiger partial charge in [0.2, 0.25) is 0 Å². The molecule has 1 amide bonds. The first-order valence-corrected chi connectivity index (χ1v) is 8.41. The number of rotatable bonds is 3. The van der Waals surface area contributed by atoms with Gasteiger partial charge in [0.1, 0.15) is 11.6 Å². The van der Waals surface area contributed by atoms with Crippen molar-refractivity contribution < 1.29 is 19.1 Å². The number of ether oxygens (including phenoxy) is 2. The normalized spacial score (nSPS) is 18.8. The van der Waals surface area contributed by atoms with Gasteiger partial charge in [-0.25, -0.2) is 4.79 Å². The average molecular weight is 349 g/mol. The molecule has 0 bridgehead atoms. The van der Waals surface area contributed by atoms with Gasteiger partial charge in [0, 0.05) is 31.5 Å². The van der Waals surface area contributed by atoms with Gasteiger partial charge >= 0.3 is 12.1 Å². The Morgan fingerprint density at radius 3 is 2.64 bits per heavy atom. The van der Waals surface area contributed by atoms with Crippen molar-refractivity contribution in [3.8, 4) is 0 Å². The molecule has 0 aromatic carbocycles. The summed E-state index contributed by atoms with van der Waals surface area (Å²) in [6.45, 7) is 9.34. The lowest BCUT2D eigenvalue weighted by Gasteiger charge is -2.40. The third-order valence-corrected chi connectivity index (χ3v) is 3.96. The van der Waals surface area contributed by atoms with Crippen LogP contribution in [0.1, 0.15) is 32.0 Å². The molecule has 1 aromatic rings. The molecule has 2 rings (SSSR count). The van der Waals surface area contributed by atoms with E-state index in [1.54, 1.807) is 11.1 Å². The molecule has 25 heavy (non-hydrogen) atoms. The largest absolute Gasteiger partial charge is 0.468 e. The molecule has 1 aliphatic heterocycles. The van der Waals surface area contributed by atoms with Gasteiger partial charge in [-0.15, -0.1) is 0 Å². The standard InChI is InChI=1S/C18H27N3O4/c1-13-10-14(6-7-19-13)11-20-8-9-21(12-15(20)16(22)24-5)17(23)25-18(2,3)4/h6-7,10,15H,8-9,11-12H2,1-5H3/t15-/m0/s1. The molecule has 1 atom stereocenters. The summed E-state index contributed by atoms with van der Waals surface area (Å²) in [6.07, 6.45) is 1.36. The minimum absolute atomic E-state index is 0.256. The summed E-state index contributed by atoms with van der Waals surface area (Å²) in [5, 5.41) is 0. The van der Waals surface area contributed by atoms with Crippen LogP contribution in [0.15, 0.2) is 18.3 Å². The van der Waals surface area contributed by atoms with Crippen LogP contribution < -0.4 is 0 Å². The molecule has 0 N–H and O–H groups in total. The highest BCUT2D eigenvalue weighted by Crippen LogP contribution is 2.18. The van der Waals surface area contributed by atoms with Crippen molar-refractivity contribution in [1.82, 2.24) is 14.8 Å². The van der Waals surface area contributed by atoms with Crippen molar-refractivity contribution in [1.29, 1.82) is 0 Å². The highest BCUT2D eigenvalue weighted by Gasteiger charge is 2.36. The van der Waals surface area contributed by atoms with Crippen molar-refractivity contribution in [2.75, 3.05) is 26.7 Å². The van der Waals surface area contributed by atoms with Gasteiger partial charge < -0.3 is 14.4 Å². The lowest BCUT2D eigenvalue weighted by Crippen LogP contribution is -2.58. The third kappa shape index (κ3) is 5.42. The van der Waals surface area contributed by atoms with E-state index in [1.165, 1.54) is 7.11 Å². The van der Waals surface area contributed by atoms with Crippen molar-refractivity contribution >= 4 is 12.1 Å². The van der Waals surface area contributed by atoms with Crippen molar-refractivity contribution in [3.05, 3.63) is 29.6 Å². The number of aromatic nitrogens is 1. The van der Waals surface area contributed by atoms with Gasteiger partial charge in [-0.05, 0) is 45.4 Å². The summed E-state index contributed by atoms with van der Waals surface area (Å²) in [4.78, 5) is 32.3. The predicted molar refractivity (Wildman–Crippen MR) is 93.0 cm³/mol. The first-order chi connectivity index (χ1) is 11.7. The van der Waals surface area contributed by atoms with Crippen molar-refractivity contribution in [2.24, 2.45) is 0 Å². The van der Waals surface area contributed by atoms with Crippen LogP contribution in [0.5, 0.6) is 0 Å². The number of carbonyl (C=O) groups is 2. The molecule has 1 fully saturated rings. The summed E-state index contributed by atoms with van der Waals surface area (Å²) in [5.74, 6) is -0.348. The monoisotopic (exact) mass is 349 g/mol. The maximum absolute atomic E-state index is 12.3. The van der Waals surface area contributed by atoms with E-state index < -0.39 is 17.7 Å². The van der Waals surface area contributed by atoms with Gasteiger partial charge in [-0.3, -0.25) is 14.7 Å². The summed E-state index contributed by atoms with van der Waals surface area (Å²) >= 11 is 0. The number of piperazine rings is 1.